The monoisotopic (exact) mass is 200 g/mol. The average molecular weight is 200 g/mol. The van der Waals surface area contributed by atoms with Crippen LogP contribution in [0.4, 0.5) is 0 Å². The van der Waals surface area contributed by atoms with Gasteiger partial charge < -0.3 is 15.2 Å². The summed E-state index contributed by atoms with van der Waals surface area (Å²) in [5.41, 5.74) is 0. The van der Waals surface area contributed by atoms with Crippen LogP contribution in [0.5, 0.6) is 0 Å². The number of nitrogens with zero attached hydrogens (tertiary/aromatic N) is 1. The Morgan fingerprint density at radius 2 is 2.00 bits per heavy atom. The molecule has 2 aliphatic heterocycles. The van der Waals surface area contributed by atoms with E-state index in [9.17, 15) is 5.11 Å². The Morgan fingerprint density at radius 3 is 2.57 bits per heavy atom. The second-order valence-electron chi connectivity index (χ2n) is 4.28. The van der Waals surface area contributed by atoms with Crippen molar-refractivity contribution in [2.45, 2.75) is 31.1 Å². The maximum absolute atomic E-state index is 9.71. The van der Waals surface area contributed by atoms with Gasteiger partial charge >= 0.3 is 0 Å². The van der Waals surface area contributed by atoms with Crippen LogP contribution < -0.4 is 5.32 Å². The van der Waals surface area contributed by atoms with Gasteiger partial charge in [-0.2, -0.15) is 0 Å². The molecule has 2 atom stereocenters. The summed E-state index contributed by atoms with van der Waals surface area (Å²) in [6, 6.07) is 0.644. The van der Waals surface area contributed by atoms with Crippen molar-refractivity contribution in [3.63, 3.8) is 0 Å². The summed E-state index contributed by atoms with van der Waals surface area (Å²) in [6.45, 7) is 3.88. The first-order valence-electron chi connectivity index (χ1n) is 5.47. The predicted molar refractivity (Wildman–Crippen MR) is 54.3 cm³/mol. The van der Waals surface area contributed by atoms with E-state index < -0.39 is 0 Å². The number of β-amino-alcohol motifs (C(OH)–C–C–N with tert-alkyl or cyclic N) is 1. The molecule has 4 heteroatoms. The molecule has 4 nitrogen and oxygen atoms in total. The molecule has 0 aromatic heterocycles. The minimum absolute atomic E-state index is 0.0184. The van der Waals surface area contributed by atoms with Crippen molar-refractivity contribution in [3.05, 3.63) is 0 Å². The van der Waals surface area contributed by atoms with Crippen LogP contribution in [0, 0.1) is 0 Å². The molecule has 2 aliphatic rings. The van der Waals surface area contributed by atoms with E-state index in [1.807, 2.05) is 0 Å². The number of aliphatic hydroxyl groups excluding tert-OH is 1. The van der Waals surface area contributed by atoms with Crippen molar-refractivity contribution in [2.24, 2.45) is 0 Å². The van der Waals surface area contributed by atoms with Gasteiger partial charge in [0, 0.05) is 26.2 Å². The highest BCUT2D eigenvalue weighted by Crippen LogP contribution is 2.20. The normalized spacial score (nSPS) is 36.4. The van der Waals surface area contributed by atoms with Crippen LogP contribution >= 0.6 is 0 Å². The molecule has 0 saturated carbocycles. The SMILES string of the molecule is CO[C@@H]1CN(C2CCNCC2)C[C@@H]1O. The van der Waals surface area contributed by atoms with E-state index in [0.29, 0.717) is 6.04 Å². The maximum Gasteiger partial charge on any atom is 0.0969 e. The Bertz CT molecular complexity index is 183. The van der Waals surface area contributed by atoms with Gasteiger partial charge in [0.15, 0.2) is 0 Å². The number of piperidine rings is 1. The van der Waals surface area contributed by atoms with Crippen molar-refractivity contribution < 1.29 is 9.84 Å². The molecule has 82 valence electrons. The zero-order valence-corrected chi connectivity index (χ0v) is 8.78. The van der Waals surface area contributed by atoms with Gasteiger partial charge in [-0.25, -0.2) is 0 Å². The van der Waals surface area contributed by atoms with Crippen molar-refractivity contribution in [1.82, 2.24) is 10.2 Å². The minimum atomic E-state index is -0.296. The number of nitrogens with one attached hydrogen (secondary N) is 1. The van der Waals surface area contributed by atoms with Crippen molar-refractivity contribution in [1.29, 1.82) is 0 Å². The average Bonchev–Trinajstić information content (AvgIpc) is 2.61. The molecule has 2 rings (SSSR count). The fourth-order valence-electron chi connectivity index (χ4n) is 2.49. The summed E-state index contributed by atoms with van der Waals surface area (Å²) in [4.78, 5) is 2.37. The number of methoxy groups -OCH3 is 1. The van der Waals surface area contributed by atoms with Gasteiger partial charge in [-0.3, -0.25) is 4.90 Å². The van der Waals surface area contributed by atoms with Gasteiger partial charge in [-0.1, -0.05) is 0 Å². The van der Waals surface area contributed by atoms with E-state index in [1.165, 1.54) is 12.8 Å². The van der Waals surface area contributed by atoms with Crippen LogP contribution in [-0.2, 0) is 4.74 Å². The smallest absolute Gasteiger partial charge is 0.0969 e. The van der Waals surface area contributed by atoms with Crippen molar-refractivity contribution >= 4 is 0 Å². The summed E-state index contributed by atoms with van der Waals surface area (Å²) >= 11 is 0. The zero-order chi connectivity index (χ0) is 9.97. The van der Waals surface area contributed by atoms with E-state index in [1.54, 1.807) is 7.11 Å². The molecule has 2 saturated heterocycles. The lowest BCUT2D eigenvalue weighted by Gasteiger charge is -2.31. The van der Waals surface area contributed by atoms with Gasteiger partial charge in [0.05, 0.1) is 12.2 Å². The fraction of sp³-hybridized carbons (Fsp3) is 1.00. The quantitative estimate of drug-likeness (QED) is 0.626. The highest BCUT2D eigenvalue weighted by Gasteiger charge is 2.35. The van der Waals surface area contributed by atoms with Crippen LogP contribution in [-0.4, -0.2) is 61.5 Å². The number of aliphatic hydroxyl groups is 1. The van der Waals surface area contributed by atoms with Gasteiger partial charge in [-0.05, 0) is 25.9 Å². The lowest BCUT2D eigenvalue weighted by atomic mass is 10.1. The lowest BCUT2D eigenvalue weighted by Crippen LogP contribution is -2.42. The molecule has 0 unspecified atom stereocenters. The molecule has 0 aliphatic carbocycles. The third-order valence-electron chi connectivity index (χ3n) is 3.39. The molecule has 0 aromatic rings. The largest absolute Gasteiger partial charge is 0.389 e. The summed E-state index contributed by atoms with van der Waals surface area (Å²) < 4.78 is 5.24. The summed E-state index contributed by atoms with van der Waals surface area (Å²) in [7, 11) is 1.68. The maximum atomic E-state index is 9.71. The summed E-state index contributed by atoms with van der Waals surface area (Å²) in [5.74, 6) is 0. The highest BCUT2D eigenvalue weighted by molar-refractivity contribution is 4.89. The Balaban J connectivity index is 1.86. The number of likely N-dealkylation sites (tertiary alicyclic amines) is 1. The van der Waals surface area contributed by atoms with Gasteiger partial charge in [0.1, 0.15) is 0 Å². The van der Waals surface area contributed by atoms with E-state index in [4.69, 9.17) is 4.74 Å². The first kappa shape index (κ1) is 10.4. The highest BCUT2D eigenvalue weighted by atomic mass is 16.5. The second-order valence-corrected chi connectivity index (χ2v) is 4.28. The molecule has 0 amide bonds. The van der Waals surface area contributed by atoms with Crippen molar-refractivity contribution in [2.75, 3.05) is 33.3 Å². The molecular formula is C10H20N2O2. The van der Waals surface area contributed by atoms with Gasteiger partial charge in [0.2, 0.25) is 0 Å². The van der Waals surface area contributed by atoms with Crippen molar-refractivity contribution in [3.8, 4) is 0 Å². The second kappa shape index (κ2) is 4.57. The first-order valence-corrected chi connectivity index (χ1v) is 5.47. The standard InChI is InChI=1S/C10H20N2O2/c1-14-10-7-12(6-9(10)13)8-2-4-11-5-3-8/h8-11,13H,2-7H2,1H3/t9-,10+/m0/s1. The molecule has 0 bridgehead atoms. The number of rotatable bonds is 2. The van der Waals surface area contributed by atoms with Crippen LogP contribution in [0.15, 0.2) is 0 Å². The molecular weight excluding hydrogens is 180 g/mol. The van der Waals surface area contributed by atoms with Gasteiger partial charge in [-0.15, -0.1) is 0 Å². The zero-order valence-electron chi connectivity index (χ0n) is 8.78. The van der Waals surface area contributed by atoms with E-state index >= 15 is 0 Å². The molecule has 2 fully saturated rings. The van der Waals surface area contributed by atoms with E-state index in [2.05, 4.69) is 10.2 Å². The summed E-state index contributed by atoms with van der Waals surface area (Å²) in [5, 5.41) is 13.1. The minimum Gasteiger partial charge on any atom is -0.389 e. The van der Waals surface area contributed by atoms with E-state index in [0.717, 1.165) is 26.2 Å². The molecule has 0 radical (unpaired) electrons. The Kier molecular flexibility index (Phi) is 3.38. The summed E-state index contributed by atoms with van der Waals surface area (Å²) in [6.07, 6.45) is 2.12. The first-order chi connectivity index (χ1) is 6.81. The topological polar surface area (TPSA) is 44.7 Å². The third kappa shape index (κ3) is 2.08. The Hall–Kier alpha value is -0.160. The number of ether oxygens (including phenoxy) is 1. The van der Waals surface area contributed by atoms with Crippen LogP contribution in [0.1, 0.15) is 12.8 Å². The number of hydrogen-bond acceptors (Lipinski definition) is 4. The number of hydrogen-bond donors (Lipinski definition) is 2. The molecule has 2 N–H and O–H groups in total. The predicted octanol–water partition coefficient (Wildman–Crippen LogP) is -0.570. The Morgan fingerprint density at radius 1 is 1.29 bits per heavy atom. The fourth-order valence-corrected chi connectivity index (χ4v) is 2.49. The van der Waals surface area contributed by atoms with Crippen LogP contribution in [0.3, 0.4) is 0 Å². The van der Waals surface area contributed by atoms with Crippen LogP contribution in [0.25, 0.3) is 0 Å². The van der Waals surface area contributed by atoms with E-state index in [-0.39, 0.29) is 12.2 Å². The lowest BCUT2D eigenvalue weighted by molar-refractivity contribution is 0.0213. The third-order valence-corrected chi connectivity index (χ3v) is 3.39. The molecule has 2 heterocycles. The van der Waals surface area contributed by atoms with Gasteiger partial charge in [0.25, 0.3) is 0 Å². The molecule has 0 spiro atoms. The van der Waals surface area contributed by atoms with Crippen LogP contribution in [0.2, 0.25) is 0 Å². The Labute approximate surface area is 85.2 Å². The molecule has 0 aromatic carbocycles. The molecule has 14 heavy (non-hydrogen) atoms.